The number of unbranched alkanes of at least 4 members (excludes halogenated alkanes) is 1. The number of carbonyl (C=O) groups excluding carboxylic acids is 2. The van der Waals surface area contributed by atoms with Crippen molar-refractivity contribution >= 4 is 23.2 Å². The summed E-state index contributed by atoms with van der Waals surface area (Å²) in [5, 5.41) is 6.01. The molecule has 2 amide bonds. The molecule has 0 fully saturated rings. The van der Waals surface area contributed by atoms with Crippen LogP contribution in [0.1, 0.15) is 31.7 Å². The Kier molecular flexibility index (Phi) is 9.02. The minimum absolute atomic E-state index is 0.0875. The van der Waals surface area contributed by atoms with E-state index in [0.29, 0.717) is 19.4 Å². The number of benzene rings is 2. The van der Waals surface area contributed by atoms with Crippen LogP contribution in [0.5, 0.6) is 5.75 Å². The first kappa shape index (κ1) is 22.3. The fourth-order valence-electron chi connectivity index (χ4n) is 2.70. The fourth-order valence-corrected chi connectivity index (χ4v) is 2.70. The van der Waals surface area contributed by atoms with E-state index in [2.05, 4.69) is 17.6 Å². The zero-order valence-electron chi connectivity index (χ0n) is 17.5. The summed E-state index contributed by atoms with van der Waals surface area (Å²) in [5.41, 5.74) is 2.58. The lowest BCUT2D eigenvalue weighted by Gasteiger charge is -2.12. The molecule has 0 heterocycles. The molecule has 29 heavy (non-hydrogen) atoms. The van der Waals surface area contributed by atoms with Crippen LogP contribution < -0.4 is 15.4 Å². The first-order valence-electron chi connectivity index (χ1n) is 10.0. The third-order valence-corrected chi connectivity index (χ3v) is 4.39. The zero-order chi connectivity index (χ0) is 21.1. The van der Waals surface area contributed by atoms with Gasteiger partial charge in [0.25, 0.3) is 0 Å². The first-order chi connectivity index (χ1) is 14.0. The molecule has 2 aromatic carbocycles. The molecule has 6 heteroatoms. The smallest absolute Gasteiger partial charge is 0.243 e. The van der Waals surface area contributed by atoms with Crippen molar-refractivity contribution in [1.82, 2.24) is 4.90 Å². The quantitative estimate of drug-likeness (QED) is 0.564. The average Bonchev–Trinajstić information content (AvgIpc) is 2.71. The standard InChI is InChI=1S/C23H31N3O3/c1-4-5-14-29-21-11-7-9-19(16-21)24-17-22(27)25-20-10-6-8-18(15-20)12-13-23(28)26(2)3/h6-11,15-16,24H,4-5,12-14,17H2,1-3H3,(H,25,27). The predicted octanol–water partition coefficient (Wildman–Crippen LogP) is 3.94. The molecule has 0 aromatic heterocycles. The van der Waals surface area contributed by atoms with E-state index in [-0.39, 0.29) is 18.4 Å². The second kappa shape index (κ2) is 11.7. The third-order valence-electron chi connectivity index (χ3n) is 4.39. The van der Waals surface area contributed by atoms with Crippen LogP contribution in [-0.4, -0.2) is 44.0 Å². The molecule has 156 valence electrons. The molecule has 0 aliphatic heterocycles. The maximum absolute atomic E-state index is 12.3. The lowest BCUT2D eigenvalue weighted by atomic mass is 10.1. The Morgan fingerprint density at radius 3 is 2.55 bits per heavy atom. The number of hydrogen-bond acceptors (Lipinski definition) is 4. The van der Waals surface area contributed by atoms with Gasteiger partial charge in [0.15, 0.2) is 0 Å². The molecular formula is C23H31N3O3. The van der Waals surface area contributed by atoms with Gasteiger partial charge in [0.1, 0.15) is 5.75 Å². The largest absolute Gasteiger partial charge is 0.494 e. The third kappa shape index (κ3) is 8.25. The van der Waals surface area contributed by atoms with Gasteiger partial charge in [-0.1, -0.05) is 31.5 Å². The summed E-state index contributed by atoms with van der Waals surface area (Å²) in [5.74, 6) is 0.747. The number of carbonyl (C=O) groups is 2. The first-order valence-corrected chi connectivity index (χ1v) is 10.0. The minimum atomic E-state index is -0.135. The van der Waals surface area contributed by atoms with Gasteiger partial charge in [-0.3, -0.25) is 9.59 Å². The van der Waals surface area contributed by atoms with E-state index in [9.17, 15) is 9.59 Å². The van der Waals surface area contributed by atoms with E-state index in [4.69, 9.17) is 4.74 Å². The van der Waals surface area contributed by atoms with Crippen molar-refractivity contribution in [3.63, 3.8) is 0 Å². The van der Waals surface area contributed by atoms with Gasteiger partial charge in [-0.25, -0.2) is 0 Å². The van der Waals surface area contributed by atoms with Crippen molar-refractivity contribution in [2.24, 2.45) is 0 Å². The van der Waals surface area contributed by atoms with Crippen LogP contribution in [0.4, 0.5) is 11.4 Å². The lowest BCUT2D eigenvalue weighted by Crippen LogP contribution is -2.22. The van der Waals surface area contributed by atoms with Crippen molar-refractivity contribution in [2.45, 2.75) is 32.6 Å². The summed E-state index contributed by atoms with van der Waals surface area (Å²) in [6.45, 7) is 2.97. The maximum Gasteiger partial charge on any atom is 0.243 e. The van der Waals surface area contributed by atoms with E-state index in [1.54, 1.807) is 19.0 Å². The summed E-state index contributed by atoms with van der Waals surface area (Å²) >= 11 is 0. The Bertz CT molecular complexity index is 805. The maximum atomic E-state index is 12.3. The number of amides is 2. The van der Waals surface area contributed by atoms with Crippen LogP contribution in [0.25, 0.3) is 0 Å². The highest BCUT2D eigenvalue weighted by Crippen LogP contribution is 2.18. The van der Waals surface area contributed by atoms with Gasteiger partial charge in [0.2, 0.25) is 11.8 Å². The van der Waals surface area contributed by atoms with Gasteiger partial charge < -0.3 is 20.3 Å². The van der Waals surface area contributed by atoms with Gasteiger partial charge >= 0.3 is 0 Å². The Hall–Kier alpha value is -3.02. The number of rotatable bonds is 11. The topological polar surface area (TPSA) is 70.7 Å². The van der Waals surface area contributed by atoms with Gasteiger partial charge in [-0.05, 0) is 42.7 Å². The van der Waals surface area contributed by atoms with E-state index < -0.39 is 0 Å². The normalized spacial score (nSPS) is 10.3. The van der Waals surface area contributed by atoms with E-state index in [1.807, 2.05) is 48.5 Å². The minimum Gasteiger partial charge on any atom is -0.494 e. The molecule has 0 bridgehead atoms. The van der Waals surface area contributed by atoms with Crippen LogP contribution in [0, 0.1) is 0 Å². The van der Waals surface area contributed by atoms with Gasteiger partial charge in [0, 0.05) is 38.0 Å². The van der Waals surface area contributed by atoms with E-state index in [0.717, 1.165) is 35.5 Å². The molecule has 0 saturated carbocycles. The highest BCUT2D eigenvalue weighted by Gasteiger charge is 2.07. The summed E-state index contributed by atoms with van der Waals surface area (Å²) in [7, 11) is 3.50. The summed E-state index contributed by atoms with van der Waals surface area (Å²) < 4.78 is 5.69. The van der Waals surface area contributed by atoms with Crippen LogP contribution in [0.3, 0.4) is 0 Å². The monoisotopic (exact) mass is 397 g/mol. The van der Waals surface area contributed by atoms with E-state index in [1.165, 1.54) is 0 Å². The second-order valence-corrected chi connectivity index (χ2v) is 7.12. The number of hydrogen-bond donors (Lipinski definition) is 2. The van der Waals surface area contributed by atoms with Crippen molar-refractivity contribution in [1.29, 1.82) is 0 Å². The Morgan fingerprint density at radius 1 is 1.03 bits per heavy atom. The molecule has 0 aliphatic carbocycles. The molecule has 2 aromatic rings. The zero-order valence-corrected chi connectivity index (χ0v) is 17.5. The van der Waals surface area contributed by atoms with Gasteiger partial charge in [0.05, 0.1) is 13.2 Å². The highest BCUT2D eigenvalue weighted by atomic mass is 16.5. The van der Waals surface area contributed by atoms with Crippen LogP contribution in [0.2, 0.25) is 0 Å². The highest BCUT2D eigenvalue weighted by molar-refractivity contribution is 5.93. The Morgan fingerprint density at radius 2 is 1.79 bits per heavy atom. The number of nitrogens with zero attached hydrogens (tertiary/aromatic N) is 1. The molecule has 0 atom stereocenters. The molecular weight excluding hydrogens is 366 g/mol. The molecule has 0 aliphatic rings. The summed E-state index contributed by atoms with van der Waals surface area (Å²) in [6.07, 6.45) is 3.19. The van der Waals surface area contributed by atoms with Gasteiger partial charge in [-0.15, -0.1) is 0 Å². The van der Waals surface area contributed by atoms with Crippen molar-refractivity contribution in [2.75, 3.05) is 37.9 Å². The summed E-state index contributed by atoms with van der Waals surface area (Å²) in [6, 6.07) is 15.2. The SMILES string of the molecule is CCCCOc1cccc(NCC(=O)Nc2cccc(CCC(=O)N(C)C)c2)c1. The molecule has 0 unspecified atom stereocenters. The number of nitrogens with one attached hydrogen (secondary N) is 2. The summed E-state index contributed by atoms with van der Waals surface area (Å²) in [4.78, 5) is 25.6. The number of anilines is 2. The van der Waals surface area contributed by atoms with E-state index >= 15 is 0 Å². The predicted molar refractivity (Wildman–Crippen MR) is 117 cm³/mol. The number of ether oxygens (including phenoxy) is 1. The van der Waals surface area contributed by atoms with Crippen LogP contribution >= 0.6 is 0 Å². The number of aryl methyl sites for hydroxylation is 1. The van der Waals surface area contributed by atoms with Crippen molar-refractivity contribution < 1.29 is 14.3 Å². The molecule has 2 N–H and O–H groups in total. The molecule has 0 radical (unpaired) electrons. The molecule has 2 rings (SSSR count). The Balaban J connectivity index is 1.82. The second-order valence-electron chi connectivity index (χ2n) is 7.12. The van der Waals surface area contributed by atoms with Gasteiger partial charge in [-0.2, -0.15) is 0 Å². The lowest BCUT2D eigenvalue weighted by molar-refractivity contribution is -0.128. The fraction of sp³-hybridized carbons (Fsp3) is 0.391. The molecule has 0 saturated heterocycles. The molecule has 0 spiro atoms. The van der Waals surface area contributed by atoms with Crippen LogP contribution in [0.15, 0.2) is 48.5 Å². The average molecular weight is 398 g/mol. The van der Waals surface area contributed by atoms with Crippen molar-refractivity contribution in [3.8, 4) is 5.75 Å². The van der Waals surface area contributed by atoms with Crippen molar-refractivity contribution in [3.05, 3.63) is 54.1 Å². The Labute approximate surface area is 173 Å². The molecule has 6 nitrogen and oxygen atoms in total. The van der Waals surface area contributed by atoms with Crippen LogP contribution in [-0.2, 0) is 16.0 Å².